The lowest BCUT2D eigenvalue weighted by Gasteiger charge is -2.39. The molecule has 0 radical (unpaired) electrons. The number of ether oxygens (including phenoxy) is 2. The molecule has 1 spiro atoms. The molecule has 0 unspecified atom stereocenters. The molecule has 3 saturated heterocycles. The van der Waals surface area contributed by atoms with Gasteiger partial charge in [-0.3, -0.25) is 14.5 Å². The van der Waals surface area contributed by atoms with Crippen LogP contribution >= 0.6 is 23.2 Å². The van der Waals surface area contributed by atoms with Gasteiger partial charge in [-0.05, 0) is 12.1 Å². The van der Waals surface area contributed by atoms with E-state index >= 15 is 0 Å². The Hall–Kier alpha value is -1.18. The number of imide groups is 1. The van der Waals surface area contributed by atoms with Crippen LogP contribution in [0.3, 0.4) is 0 Å². The molecule has 0 bridgehead atoms. The van der Waals surface area contributed by atoms with Crippen molar-refractivity contribution < 1.29 is 19.1 Å². The second-order valence-electron chi connectivity index (χ2n) is 6.50. The maximum Gasteiger partial charge on any atom is 0.251 e. The van der Waals surface area contributed by atoms with E-state index in [4.69, 9.17) is 32.7 Å². The van der Waals surface area contributed by atoms with E-state index in [1.807, 2.05) is 4.90 Å². The first kappa shape index (κ1) is 17.2. The number of benzene rings is 1. The number of likely N-dealkylation sites (tertiary alicyclic amines) is 1. The van der Waals surface area contributed by atoms with E-state index in [-0.39, 0.29) is 23.3 Å². The highest BCUT2D eigenvalue weighted by Crippen LogP contribution is 2.37. The first-order valence-electron chi connectivity index (χ1n) is 8.33. The van der Waals surface area contributed by atoms with Gasteiger partial charge in [0.15, 0.2) is 5.79 Å². The summed E-state index contributed by atoms with van der Waals surface area (Å²) < 4.78 is 11.4. The number of hydrogen-bond acceptors (Lipinski definition) is 5. The molecule has 4 rings (SSSR count). The minimum absolute atomic E-state index is 0.149. The van der Waals surface area contributed by atoms with Gasteiger partial charge in [0, 0.05) is 25.9 Å². The first-order chi connectivity index (χ1) is 12.0. The number of carbonyl (C=O) groups is 2. The minimum Gasteiger partial charge on any atom is -0.347 e. The van der Waals surface area contributed by atoms with Gasteiger partial charge in [-0.1, -0.05) is 29.3 Å². The van der Waals surface area contributed by atoms with Crippen molar-refractivity contribution in [3.8, 4) is 0 Å². The van der Waals surface area contributed by atoms with Crippen LogP contribution in [0.4, 0.5) is 5.69 Å². The fourth-order valence-corrected chi connectivity index (χ4v) is 4.16. The monoisotopic (exact) mass is 384 g/mol. The highest BCUT2D eigenvalue weighted by molar-refractivity contribution is 6.44. The van der Waals surface area contributed by atoms with Crippen molar-refractivity contribution in [3.05, 3.63) is 28.2 Å². The topological polar surface area (TPSA) is 59.1 Å². The van der Waals surface area contributed by atoms with Crippen molar-refractivity contribution in [3.63, 3.8) is 0 Å². The van der Waals surface area contributed by atoms with Gasteiger partial charge in [0.05, 0.1) is 41.4 Å². The molecule has 3 aliphatic rings. The highest BCUT2D eigenvalue weighted by atomic mass is 35.5. The van der Waals surface area contributed by atoms with E-state index in [1.54, 1.807) is 18.2 Å². The zero-order valence-corrected chi connectivity index (χ0v) is 15.1. The summed E-state index contributed by atoms with van der Waals surface area (Å²) in [6.45, 7) is 2.53. The number of piperidine rings is 1. The van der Waals surface area contributed by atoms with E-state index in [2.05, 4.69) is 0 Å². The van der Waals surface area contributed by atoms with Gasteiger partial charge in [-0.25, -0.2) is 4.90 Å². The lowest BCUT2D eigenvalue weighted by atomic mass is 10.0. The summed E-state index contributed by atoms with van der Waals surface area (Å²) in [7, 11) is 0. The lowest BCUT2D eigenvalue weighted by molar-refractivity contribution is -0.188. The van der Waals surface area contributed by atoms with E-state index in [0.717, 1.165) is 4.90 Å². The highest BCUT2D eigenvalue weighted by Gasteiger charge is 2.47. The number of hydrogen-bond donors (Lipinski definition) is 0. The van der Waals surface area contributed by atoms with Crippen molar-refractivity contribution in [2.45, 2.75) is 31.1 Å². The second kappa shape index (κ2) is 6.52. The average molecular weight is 385 g/mol. The summed E-state index contributed by atoms with van der Waals surface area (Å²) in [5, 5.41) is 0.538. The molecule has 8 heteroatoms. The van der Waals surface area contributed by atoms with Crippen LogP contribution in [0.25, 0.3) is 0 Å². The van der Waals surface area contributed by atoms with Crippen LogP contribution in [0.1, 0.15) is 19.3 Å². The Bertz CT molecular complexity index is 711. The summed E-state index contributed by atoms with van der Waals surface area (Å²) in [4.78, 5) is 28.6. The molecule has 134 valence electrons. The van der Waals surface area contributed by atoms with Crippen LogP contribution in [-0.2, 0) is 19.1 Å². The summed E-state index contributed by atoms with van der Waals surface area (Å²) in [6.07, 6.45) is 1.54. The molecule has 3 heterocycles. The minimum atomic E-state index is -0.502. The molecule has 0 aromatic heterocycles. The molecule has 1 atom stereocenters. The predicted molar refractivity (Wildman–Crippen MR) is 92.8 cm³/mol. The predicted octanol–water partition coefficient (Wildman–Crippen LogP) is 2.46. The largest absolute Gasteiger partial charge is 0.347 e. The number of amides is 2. The van der Waals surface area contributed by atoms with Gasteiger partial charge in [0.1, 0.15) is 0 Å². The molecule has 3 aliphatic heterocycles. The van der Waals surface area contributed by atoms with Crippen LogP contribution < -0.4 is 4.90 Å². The Balaban J connectivity index is 1.51. The van der Waals surface area contributed by atoms with Gasteiger partial charge >= 0.3 is 0 Å². The smallest absolute Gasteiger partial charge is 0.251 e. The van der Waals surface area contributed by atoms with Crippen molar-refractivity contribution in [1.82, 2.24) is 4.90 Å². The fourth-order valence-electron chi connectivity index (χ4n) is 3.78. The number of rotatable bonds is 2. The molecule has 1 aromatic carbocycles. The third-order valence-electron chi connectivity index (χ3n) is 5.11. The summed E-state index contributed by atoms with van der Waals surface area (Å²) >= 11 is 12.2. The maximum atomic E-state index is 12.9. The summed E-state index contributed by atoms with van der Waals surface area (Å²) in [6, 6.07) is 4.47. The number of nitrogens with zero attached hydrogens (tertiary/aromatic N) is 2. The Morgan fingerprint density at radius 1 is 1.08 bits per heavy atom. The zero-order valence-electron chi connectivity index (χ0n) is 13.5. The van der Waals surface area contributed by atoms with Gasteiger partial charge in [0.25, 0.3) is 5.91 Å². The Kier molecular flexibility index (Phi) is 4.50. The molecular weight excluding hydrogens is 367 g/mol. The molecule has 2 amide bonds. The molecule has 0 N–H and O–H groups in total. The molecule has 0 aliphatic carbocycles. The third kappa shape index (κ3) is 2.96. The first-order valence-corrected chi connectivity index (χ1v) is 9.09. The van der Waals surface area contributed by atoms with Crippen LogP contribution in [0.2, 0.25) is 10.0 Å². The van der Waals surface area contributed by atoms with Gasteiger partial charge < -0.3 is 9.47 Å². The summed E-state index contributed by atoms with van der Waals surface area (Å²) in [5.41, 5.74) is 0.350. The quantitative estimate of drug-likeness (QED) is 0.733. The van der Waals surface area contributed by atoms with E-state index in [9.17, 15) is 9.59 Å². The van der Waals surface area contributed by atoms with E-state index < -0.39 is 11.8 Å². The Morgan fingerprint density at radius 3 is 2.44 bits per heavy atom. The lowest BCUT2D eigenvalue weighted by Crippen LogP contribution is -2.51. The molecule has 1 aromatic rings. The van der Waals surface area contributed by atoms with Gasteiger partial charge in [-0.2, -0.15) is 0 Å². The maximum absolute atomic E-state index is 12.9. The van der Waals surface area contributed by atoms with Crippen molar-refractivity contribution in [2.75, 3.05) is 31.2 Å². The summed E-state index contributed by atoms with van der Waals surface area (Å²) in [5.74, 6) is -1.01. The van der Waals surface area contributed by atoms with E-state index in [1.165, 1.54) is 0 Å². The van der Waals surface area contributed by atoms with Gasteiger partial charge in [-0.15, -0.1) is 0 Å². The zero-order chi connectivity index (χ0) is 17.6. The normalized spacial score (nSPS) is 26.8. The van der Waals surface area contributed by atoms with Crippen molar-refractivity contribution >= 4 is 40.7 Å². The standard InChI is InChI=1S/C17H18Cl2N2O4/c18-11-2-1-3-12(15(11)19)21-14(22)10-13(16(21)23)20-6-4-17(5-7-20)24-8-9-25-17/h1-3,13H,4-10H2/t13-/m1/s1. The Labute approximate surface area is 155 Å². The molecular formula is C17H18Cl2N2O4. The second-order valence-corrected chi connectivity index (χ2v) is 7.29. The molecule has 3 fully saturated rings. The third-order valence-corrected chi connectivity index (χ3v) is 5.92. The molecule has 0 saturated carbocycles. The number of anilines is 1. The van der Waals surface area contributed by atoms with Crippen LogP contribution in [0.5, 0.6) is 0 Å². The van der Waals surface area contributed by atoms with E-state index in [0.29, 0.717) is 49.9 Å². The van der Waals surface area contributed by atoms with Gasteiger partial charge in [0.2, 0.25) is 5.91 Å². The van der Waals surface area contributed by atoms with Crippen LogP contribution in [0, 0.1) is 0 Å². The van der Waals surface area contributed by atoms with Crippen LogP contribution in [0.15, 0.2) is 18.2 Å². The number of carbonyl (C=O) groups excluding carboxylic acids is 2. The average Bonchev–Trinajstić information content (AvgIpc) is 3.17. The molecule has 6 nitrogen and oxygen atoms in total. The fraction of sp³-hybridized carbons (Fsp3) is 0.529. The van der Waals surface area contributed by atoms with Crippen LogP contribution in [-0.4, -0.2) is 54.8 Å². The molecule has 25 heavy (non-hydrogen) atoms. The van der Waals surface area contributed by atoms with Crippen molar-refractivity contribution in [1.29, 1.82) is 0 Å². The SMILES string of the molecule is O=C1C[C@@H](N2CCC3(CC2)OCCO3)C(=O)N1c1cccc(Cl)c1Cl. The van der Waals surface area contributed by atoms with Crippen molar-refractivity contribution in [2.24, 2.45) is 0 Å². The number of halogens is 2. The Morgan fingerprint density at radius 2 is 1.76 bits per heavy atom.